The maximum atomic E-state index is 12.0. The third-order valence-corrected chi connectivity index (χ3v) is 4.55. The second kappa shape index (κ2) is 7.34. The molecule has 1 saturated carbocycles. The third kappa shape index (κ3) is 3.67. The molecule has 24 heavy (non-hydrogen) atoms. The lowest BCUT2D eigenvalue weighted by Gasteiger charge is -2.22. The first-order valence-corrected chi connectivity index (χ1v) is 8.40. The van der Waals surface area contributed by atoms with Gasteiger partial charge in [0.25, 0.3) is 11.5 Å². The van der Waals surface area contributed by atoms with Crippen LogP contribution in [-0.2, 0) is 0 Å². The highest BCUT2D eigenvalue weighted by Crippen LogP contribution is 2.30. The summed E-state index contributed by atoms with van der Waals surface area (Å²) < 4.78 is 6.03. The maximum absolute atomic E-state index is 12.0. The van der Waals surface area contributed by atoms with E-state index in [-0.39, 0.29) is 5.56 Å². The van der Waals surface area contributed by atoms with Crippen molar-refractivity contribution in [2.45, 2.75) is 32.1 Å². The van der Waals surface area contributed by atoms with Crippen LogP contribution in [0.25, 0.3) is 11.3 Å². The molecular weight excluding hydrogens is 304 g/mol. The van der Waals surface area contributed by atoms with E-state index in [0.717, 1.165) is 11.3 Å². The number of hydrogen-bond acceptors (Lipinski definition) is 3. The van der Waals surface area contributed by atoms with E-state index in [4.69, 9.17) is 10.5 Å². The van der Waals surface area contributed by atoms with Crippen molar-refractivity contribution in [3.8, 4) is 17.0 Å². The minimum Gasteiger partial charge on any atom is -0.493 e. The van der Waals surface area contributed by atoms with Gasteiger partial charge in [0, 0.05) is 5.56 Å². The van der Waals surface area contributed by atoms with Gasteiger partial charge < -0.3 is 15.5 Å². The number of aromatic nitrogens is 1. The average Bonchev–Trinajstić information content (AvgIpc) is 2.60. The number of ether oxygens (including phenoxy) is 1. The van der Waals surface area contributed by atoms with Crippen molar-refractivity contribution < 1.29 is 9.53 Å². The molecule has 1 aromatic carbocycles. The van der Waals surface area contributed by atoms with E-state index < -0.39 is 11.5 Å². The van der Waals surface area contributed by atoms with Crippen LogP contribution in [0, 0.1) is 5.92 Å². The van der Waals surface area contributed by atoms with Crippen LogP contribution in [0.15, 0.2) is 41.2 Å². The number of hydrogen-bond donors (Lipinski definition) is 2. The smallest absolute Gasteiger partial charge is 0.261 e. The van der Waals surface area contributed by atoms with E-state index >= 15 is 0 Å². The molecule has 126 valence electrons. The molecule has 3 rings (SSSR count). The molecule has 5 nitrogen and oxygen atoms in total. The number of nitrogens with one attached hydrogen (secondary N) is 1. The van der Waals surface area contributed by atoms with E-state index in [1.54, 1.807) is 6.07 Å². The van der Waals surface area contributed by atoms with Gasteiger partial charge >= 0.3 is 0 Å². The van der Waals surface area contributed by atoms with Gasteiger partial charge in [-0.15, -0.1) is 0 Å². The van der Waals surface area contributed by atoms with Crippen LogP contribution >= 0.6 is 0 Å². The summed E-state index contributed by atoms with van der Waals surface area (Å²) in [7, 11) is 0. The number of amides is 1. The highest BCUT2D eigenvalue weighted by Gasteiger charge is 2.16. The summed E-state index contributed by atoms with van der Waals surface area (Å²) in [6.45, 7) is 0.695. The standard InChI is InChI=1S/C19H22N2O3/c20-18(22)15-10-11-16(21-19(15)23)14-8-4-5-9-17(14)24-12-13-6-2-1-3-7-13/h4-5,8-11,13H,1-3,6-7,12H2,(H2,20,22)(H,21,23). The Hall–Kier alpha value is -2.56. The van der Waals surface area contributed by atoms with Crippen molar-refractivity contribution in [2.24, 2.45) is 11.7 Å². The number of H-pyrrole nitrogens is 1. The van der Waals surface area contributed by atoms with Gasteiger partial charge in [-0.25, -0.2) is 0 Å². The molecule has 0 bridgehead atoms. The van der Waals surface area contributed by atoms with Crippen molar-refractivity contribution in [1.29, 1.82) is 0 Å². The summed E-state index contributed by atoms with van der Waals surface area (Å²) in [5.41, 5.74) is 6.08. The number of para-hydroxylation sites is 1. The van der Waals surface area contributed by atoms with Gasteiger partial charge in [-0.3, -0.25) is 9.59 Å². The van der Waals surface area contributed by atoms with E-state index in [1.807, 2.05) is 24.3 Å². The number of aromatic amines is 1. The molecule has 1 aromatic heterocycles. The monoisotopic (exact) mass is 326 g/mol. The Bertz CT molecular complexity index is 776. The number of nitrogens with two attached hydrogens (primary N) is 1. The molecule has 0 unspecified atom stereocenters. The molecule has 1 fully saturated rings. The molecule has 0 spiro atoms. The SMILES string of the molecule is NC(=O)c1ccc(-c2ccccc2OCC2CCCCC2)[nH]c1=O. The maximum Gasteiger partial charge on any atom is 0.261 e. The predicted molar refractivity (Wildman–Crippen MR) is 93.1 cm³/mol. The Morgan fingerprint density at radius 3 is 2.58 bits per heavy atom. The molecule has 1 heterocycles. The highest BCUT2D eigenvalue weighted by atomic mass is 16.5. The summed E-state index contributed by atoms with van der Waals surface area (Å²) in [6, 6.07) is 10.7. The lowest BCUT2D eigenvalue weighted by molar-refractivity contribution is 0.0999. The van der Waals surface area contributed by atoms with Gasteiger partial charge in [-0.2, -0.15) is 0 Å². The molecule has 2 aromatic rings. The molecule has 0 aliphatic heterocycles. The lowest BCUT2D eigenvalue weighted by atomic mass is 9.90. The van der Waals surface area contributed by atoms with Crippen LogP contribution < -0.4 is 16.0 Å². The first kappa shape index (κ1) is 16.3. The average molecular weight is 326 g/mol. The van der Waals surface area contributed by atoms with E-state index in [2.05, 4.69) is 4.98 Å². The quantitative estimate of drug-likeness (QED) is 0.885. The Kier molecular flexibility index (Phi) is 4.99. The van der Waals surface area contributed by atoms with Gasteiger partial charge in [0.05, 0.1) is 12.3 Å². The zero-order valence-corrected chi connectivity index (χ0v) is 13.6. The molecule has 3 N–H and O–H groups in total. The Labute approximate surface area is 140 Å². The second-order valence-corrected chi connectivity index (χ2v) is 6.29. The molecule has 1 aliphatic rings. The van der Waals surface area contributed by atoms with Gasteiger partial charge in [0.2, 0.25) is 0 Å². The number of carbonyl (C=O) groups is 1. The number of primary amides is 1. The molecule has 1 amide bonds. The molecule has 1 aliphatic carbocycles. The molecule has 0 saturated heterocycles. The van der Waals surface area contributed by atoms with Crippen molar-refractivity contribution in [3.05, 3.63) is 52.3 Å². The number of carbonyl (C=O) groups excluding carboxylic acids is 1. The zero-order chi connectivity index (χ0) is 16.9. The topological polar surface area (TPSA) is 85.2 Å². The van der Waals surface area contributed by atoms with E-state index in [1.165, 1.54) is 38.2 Å². The lowest BCUT2D eigenvalue weighted by Crippen LogP contribution is -2.23. The number of pyridine rings is 1. The fourth-order valence-electron chi connectivity index (χ4n) is 3.20. The van der Waals surface area contributed by atoms with Crippen molar-refractivity contribution in [2.75, 3.05) is 6.61 Å². The summed E-state index contributed by atoms with van der Waals surface area (Å²) in [4.78, 5) is 25.9. The molecule has 0 radical (unpaired) electrons. The largest absolute Gasteiger partial charge is 0.493 e. The van der Waals surface area contributed by atoms with Crippen molar-refractivity contribution in [1.82, 2.24) is 4.98 Å². The van der Waals surface area contributed by atoms with Gasteiger partial charge in [-0.05, 0) is 43.0 Å². The fourth-order valence-corrected chi connectivity index (χ4v) is 3.20. The van der Waals surface area contributed by atoms with Crippen LogP contribution in [0.3, 0.4) is 0 Å². The summed E-state index contributed by atoms with van der Waals surface area (Å²) >= 11 is 0. The van der Waals surface area contributed by atoms with Crippen LogP contribution in [0.2, 0.25) is 0 Å². The van der Waals surface area contributed by atoms with Gasteiger partial charge in [0.1, 0.15) is 11.3 Å². The molecular formula is C19H22N2O3. The van der Waals surface area contributed by atoms with Gasteiger partial charge in [0.15, 0.2) is 0 Å². The fraction of sp³-hybridized carbons (Fsp3) is 0.368. The summed E-state index contributed by atoms with van der Waals surface area (Å²) in [5.74, 6) is 0.610. The Morgan fingerprint density at radius 2 is 1.88 bits per heavy atom. The first-order valence-electron chi connectivity index (χ1n) is 8.40. The highest BCUT2D eigenvalue weighted by molar-refractivity contribution is 5.92. The van der Waals surface area contributed by atoms with E-state index in [9.17, 15) is 9.59 Å². The third-order valence-electron chi connectivity index (χ3n) is 4.55. The molecule has 5 heteroatoms. The van der Waals surface area contributed by atoms with Crippen molar-refractivity contribution in [3.63, 3.8) is 0 Å². The van der Waals surface area contributed by atoms with Crippen LogP contribution in [0.1, 0.15) is 42.5 Å². The minimum absolute atomic E-state index is 0.0423. The van der Waals surface area contributed by atoms with Crippen LogP contribution in [0.5, 0.6) is 5.75 Å². The predicted octanol–water partition coefficient (Wildman–Crippen LogP) is 3.10. The van der Waals surface area contributed by atoms with Crippen LogP contribution in [-0.4, -0.2) is 17.5 Å². The minimum atomic E-state index is -0.732. The van der Waals surface area contributed by atoms with Gasteiger partial charge in [-0.1, -0.05) is 31.4 Å². The van der Waals surface area contributed by atoms with Crippen LogP contribution in [0.4, 0.5) is 0 Å². The summed E-state index contributed by atoms with van der Waals surface area (Å²) in [6.07, 6.45) is 6.30. The number of rotatable bonds is 5. The normalized spacial score (nSPS) is 15.2. The van der Waals surface area contributed by atoms with Crippen molar-refractivity contribution >= 4 is 5.91 Å². The van der Waals surface area contributed by atoms with E-state index in [0.29, 0.717) is 18.2 Å². The first-order chi connectivity index (χ1) is 11.6. The Morgan fingerprint density at radius 1 is 1.12 bits per heavy atom. The second-order valence-electron chi connectivity index (χ2n) is 6.29. The molecule has 0 atom stereocenters. The zero-order valence-electron chi connectivity index (χ0n) is 13.6. The Balaban J connectivity index is 1.82. The summed E-state index contributed by atoms with van der Waals surface area (Å²) in [5, 5.41) is 0. The number of benzene rings is 1.